The van der Waals surface area contributed by atoms with Gasteiger partial charge in [-0.05, 0) is 42.8 Å². The number of rotatable bonds is 7. The van der Waals surface area contributed by atoms with Gasteiger partial charge in [0.15, 0.2) is 0 Å². The zero-order chi connectivity index (χ0) is 19.9. The van der Waals surface area contributed by atoms with E-state index in [4.69, 9.17) is 16.3 Å². The Labute approximate surface area is 165 Å². The summed E-state index contributed by atoms with van der Waals surface area (Å²) in [5.74, 6) is -0.651. The van der Waals surface area contributed by atoms with Crippen LogP contribution in [0.5, 0.6) is 0 Å². The molecule has 0 spiro atoms. The first-order valence-electron chi connectivity index (χ1n) is 8.69. The van der Waals surface area contributed by atoms with Crippen molar-refractivity contribution in [3.8, 4) is 0 Å². The molecule has 7 nitrogen and oxygen atoms in total. The van der Waals surface area contributed by atoms with Crippen molar-refractivity contribution in [1.82, 2.24) is 14.7 Å². The van der Waals surface area contributed by atoms with Gasteiger partial charge in [-0.25, -0.2) is 4.98 Å². The average molecular weight is 400 g/mol. The van der Waals surface area contributed by atoms with E-state index in [1.165, 1.54) is 10.5 Å². The van der Waals surface area contributed by atoms with Crippen LogP contribution in [0.15, 0.2) is 59.5 Å². The standard InChI is InChI=1S/C20H18ClN3O4/c21-15-8-6-14(7-9-15)20(27)22-10-3-5-19(26)28-13-16-12-18(25)24-11-2-1-4-17(24)23-16/h1-2,4,6-9,11-12H,3,5,10,13H2,(H,22,27). The first-order chi connectivity index (χ1) is 13.5. The Balaban J connectivity index is 1.42. The van der Waals surface area contributed by atoms with E-state index in [9.17, 15) is 14.4 Å². The molecule has 8 heteroatoms. The van der Waals surface area contributed by atoms with Gasteiger partial charge in [0, 0.05) is 35.8 Å². The highest BCUT2D eigenvalue weighted by atomic mass is 35.5. The minimum absolute atomic E-state index is 0.0728. The monoisotopic (exact) mass is 399 g/mol. The second-order valence-electron chi connectivity index (χ2n) is 6.04. The van der Waals surface area contributed by atoms with Crippen molar-refractivity contribution in [2.24, 2.45) is 0 Å². The minimum Gasteiger partial charge on any atom is -0.459 e. The summed E-state index contributed by atoms with van der Waals surface area (Å²) in [6.45, 7) is 0.267. The summed E-state index contributed by atoms with van der Waals surface area (Å²) in [7, 11) is 0. The Morgan fingerprint density at radius 3 is 2.71 bits per heavy atom. The fraction of sp³-hybridized carbons (Fsp3) is 0.200. The third-order valence-electron chi connectivity index (χ3n) is 3.95. The number of hydrogen-bond donors (Lipinski definition) is 1. The van der Waals surface area contributed by atoms with Crippen molar-refractivity contribution in [3.05, 3.63) is 81.4 Å². The number of carbonyl (C=O) groups excluding carboxylic acids is 2. The number of halogens is 1. The summed E-state index contributed by atoms with van der Waals surface area (Å²) in [6.07, 6.45) is 2.21. The average Bonchev–Trinajstić information content (AvgIpc) is 2.70. The molecule has 0 aliphatic heterocycles. The second kappa shape index (κ2) is 9.14. The van der Waals surface area contributed by atoms with E-state index in [1.807, 2.05) is 0 Å². The quantitative estimate of drug-likeness (QED) is 0.487. The van der Waals surface area contributed by atoms with Crippen molar-refractivity contribution in [3.63, 3.8) is 0 Å². The molecule has 3 rings (SSSR count). The molecule has 0 saturated heterocycles. The summed E-state index contributed by atoms with van der Waals surface area (Å²) in [5.41, 5.74) is 1.15. The van der Waals surface area contributed by atoms with Crippen LogP contribution in [-0.4, -0.2) is 27.8 Å². The second-order valence-corrected chi connectivity index (χ2v) is 6.48. The first kappa shape index (κ1) is 19.6. The zero-order valence-corrected chi connectivity index (χ0v) is 15.7. The maximum atomic E-state index is 12.0. The van der Waals surface area contributed by atoms with Crippen LogP contribution in [-0.2, 0) is 16.1 Å². The molecule has 0 aliphatic carbocycles. The van der Waals surface area contributed by atoms with Crippen LogP contribution in [0.3, 0.4) is 0 Å². The van der Waals surface area contributed by atoms with Gasteiger partial charge >= 0.3 is 5.97 Å². The number of pyridine rings is 1. The normalized spacial score (nSPS) is 10.6. The Bertz CT molecular complexity index is 1050. The summed E-state index contributed by atoms with van der Waals surface area (Å²) in [5, 5.41) is 3.29. The summed E-state index contributed by atoms with van der Waals surface area (Å²) >= 11 is 5.78. The molecule has 0 bridgehead atoms. The van der Waals surface area contributed by atoms with Crippen molar-refractivity contribution >= 4 is 29.1 Å². The number of benzene rings is 1. The summed E-state index contributed by atoms with van der Waals surface area (Å²) < 4.78 is 6.57. The van der Waals surface area contributed by atoms with E-state index in [2.05, 4.69) is 10.3 Å². The Morgan fingerprint density at radius 1 is 1.14 bits per heavy atom. The molecule has 0 fully saturated rings. The van der Waals surface area contributed by atoms with E-state index in [-0.39, 0.29) is 24.5 Å². The molecular formula is C20H18ClN3O4. The van der Waals surface area contributed by atoms with Crippen molar-refractivity contribution in [2.45, 2.75) is 19.4 Å². The third-order valence-corrected chi connectivity index (χ3v) is 4.21. The Hall–Kier alpha value is -3.19. The maximum Gasteiger partial charge on any atom is 0.306 e. The van der Waals surface area contributed by atoms with Gasteiger partial charge in [0.05, 0.1) is 5.69 Å². The predicted octanol–water partition coefficient (Wildman–Crippen LogP) is 2.60. The maximum absolute atomic E-state index is 12.0. The lowest BCUT2D eigenvalue weighted by Crippen LogP contribution is -2.25. The topological polar surface area (TPSA) is 89.8 Å². The number of esters is 1. The fourth-order valence-electron chi connectivity index (χ4n) is 2.54. The van der Waals surface area contributed by atoms with Crippen molar-refractivity contribution in [1.29, 1.82) is 0 Å². The lowest BCUT2D eigenvalue weighted by atomic mass is 10.2. The van der Waals surface area contributed by atoms with E-state index in [1.54, 1.807) is 48.7 Å². The smallest absolute Gasteiger partial charge is 0.306 e. The molecular weight excluding hydrogens is 382 g/mol. The van der Waals surface area contributed by atoms with Crippen molar-refractivity contribution in [2.75, 3.05) is 6.54 Å². The molecule has 3 aromatic rings. The summed E-state index contributed by atoms with van der Waals surface area (Å²) in [4.78, 5) is 40.1. The molecule has 0 radical (unpaired) electrons. The minimum atomic E-state index is -0.421. The van der Waals surface area contributed by atoms with Crippen molar-refractivity contribution < 1.29 is 14.3 Å². The van der Waals surface area contributed by atoms with Gasteiger partial charge in [-0.2, -0.15) is 0 Å². The van der Waals surface area contributed by atoms with Gasteiger partial charge in [-0.1, -0.05) is 17.7 Å². The molecule has 1 aromatic carbocycles. The number of carbonyl (C=O) groups is 2. The molecule has 0 atom stereocenters. The zero-order valence-electron chi connectivity index (χ0n) is 14.9. The van der Waals surface area contributed by atoms with Crippen LogP contribution in [0.25, 0.3) is 5.65 Å². The molecule has 1 amide bonds. The number of nitrogens with one attached hydrogen (secondary N) is 1. The molecule has 1 N–H and O–H groups in total. The van der Waals surface area contributed by atoms with E-state index in [0.29, 0.717) is 34.9 Å². The summed E-state index contributed by atoms with van der Waals surface area (Å²) in [6, 6.07) is 13.1. The highest BCUT2D eigenvalue weighted by Crippen LogP contribution is 2.09. The molecule has 0 saturated carbocycles. The van der Waals surface area contributed by atoms with E-state index in [0.717, 1.165) is 0 Å². The van der Waals surface area contributed by atoms with Gasteiger partial charge in [-0.3, -0.25) is 18.8 Å². The number of ether oxygens (including phenoxy) is 1. The van der Waals surface area contributed by atoms with Gasteiger partial charge < -0.3 is 10.1 Å². The largest absolute Gasteiger partial charge is 0.459 e. The van der Waals surface area contributed by atoms with Crippen LogP contribution < -0.4 is 10.9 Å². The van der Waals surface area contributed by atoms with Gasteiger partial charge in [-0.15, -0.1) is 0 Å². The Kier molecular flexibility index (Phi) is 6.39. The highest BCUT2D eigenvalue weighted by molar-refractivity contribution is 6.30. The lowest BCUT2D eigenvalue weighted by molar-refractivity contribution is -0.145. The van der Waals surface area contributed by atoms with Gasteiger partial charge in [0.25, 0.3) is 11.5 Å². The molecule has 2 aromatic heterocycles. The van der Waals surface area contributed by atoms with E-state index < -0.39 is 5.97 Å². The predicted molar refractivity (Wildman–Crippen MR) is 104 cm³/mol. The van der Waals surface area contributed by atoms with Crippen LogP contribution in [0.2, 0.25) is 5.02 Å². The number of amides is 1. The van der Waals surface area contributed by atoms with Crippen LogP contribution >= 0.6 is 11.6 Å². The van der Waals surface area contributed by atoms with Gasteiger partial charge in [0.1, 0.15) is 12.3 Å². The molecule has 2 heterocycles. The first-order valence-corrected chi connectivity index (χ1v) is 9.07. The Morgan fingerprint density at radius 2 is 1.93 bits per heavy atom. The fourth-order valence-corrected chi connectivity index (χ4v) is 2.67. The highest BCUT2D eigenvalue weighted by Gasteiger charge is 2.08. The number of fused-ring (bicyclic) bond motifs is 1. The van der Waals surface area contributed by atoms with Gasteiger partial charge in [0.2, 0.25) is 0 Å². The van der Waals surface area contributed by atoms with Crippen LogP contribution in [0, 0.1) is 0 Å². The molecule has 144 valence electrons. The number of aromatic nitrogens is 2. The van der Waals surface area contributed by atoms with Crippen LogP contribution in [0.1, 0.15) is 28.9 Å². The van der Waals surface area contributed by atoms with E-state index >= 15 is 0 Å². The molecule has 28 heavy (non-hydrogen) atoms. The van der Waals surface area contributed by atoms with Crippen LogP contribution in [0.4, 0.5) is 0 Å². The number of hydrogen-bond acceptors (Lipinski definition) is 5. The lowest BCUT2D eigenvalue weighted by Gasteiger charge is -2.07. The SMILES string of the molecule is O=C(CCCNC(=O)c1ccc(Cl)cc1)OCc1cc(=O)n2ccccc2n1. The molecule has 0 unspecified atom stereocenters. The molecule has 0 aliphatic rings. The number of nitrogens with zero attached hydrogens (tertiary/aromatic N) is 2. The third kappa shape index (κ3) is 5.17.